The van der Waals surface area contributed by atoms with E-state index in [9.17, 15) is 14.8 Å². The van der Waals surface area contributed by atoms with Gasteiger partial charge in [0.15, 0.2) is 5.82 Å². The van der Waals surface area contributed by atoms with Crippen LogP contribution in [-0.4, -0.2) is 41.3 Å². The Kier molecular flexibility index (Phi) is 4.49. The molecule has 0 fully saturated rings. The Morgan fingerprint density at radius 3 is 2.72 bits per heavy atom. The highest BCUT2D eigenvalue weighted by Gasteiger charge is 2.10. The minimum Gasteiger partial charge on any atom is -0.453 e. The summed E-state index contributed by atoms with van der Waals surface area (Å²) in [5.74, 6) is -0.176. The SMILES string of the molecule is COC(=O)/N=c1\nc(Cl)cc(NC(=O)OC)n1O. The van der Waals surface area contributed by atoms with Gasteiger partial charge in [-0.15, -0.1) is 9.72 Å². The summed E-state index contributed by atoms with van der Waals surface area (Å²) >= 11 is 5.64. The van der Waals surface area contributed by atoms with Gasteiger partial charge in [0, 0.05) is 6.07 Å². The summed E-state index contributed by atoms with van der Waals surface area (Å²) in [6.07, 6.45) is -1.83. The van der Waals surface area contributed by atoms with E-state index in [1.54, 1.807) is 0 Å². The van der Waals surface area contributed by atoms with Crippen LogP contribution in [0.2, 0.25) is 5.15 Å². The Bertz CT molecular complexity index is 541. The average molecular weight is 277 g/mol. The van der Waals surface area contributed by atoms with E-state index in [1.165, 1.54) is 0 Å². The molecule has 0 spiro atoms. The Balaban J connectivity index is 3.26. The summed E-state index contributed by atoms with van der Waals surface area (Å²) in [6, 6.07) is 1.13. The number of amides is 2. The van der Waals surface area contributed by atoms with Gasteiger partial charge < -0.3 is 14.7 Å². The van der Waals surface area contributed by atoms with Gasteiger partial charge in [-0.2, -0.15) is 4.98 Å². The minimum atomic E-state index is -0.989. The van der Waals surface area contributed by atoms with Crippen molar-refractivity contribution in [1.82, 2.24) is 9.71 Å². The van der Waals surface area contributed by atoms with Crippen LogP contribution in [0.5, 0.6) is 0 Å². The molecule has 98 valence electrons. The Morgan fingerprint density at radius 2 is 2.17 bits per heavy atom. The molecule has 0 aliphatic rings. The van der Waals surface area contributed by atoms with E-state index in [0.717, 1.165) is 20.3 Å². The van der Waals surface area contributed by atoms with E-state index >= 15 is 0 Å². The van der Waals surface area contributed by atoms with Crippen molar-refractivity contribution in [3.63, 3.8) is 0 Å². The molecule has 0 atom stereocenters. The van der Waals surface area contributed by atoms with E-state index in [2.05, 4.69) is 24.8 Å². The lowest BCUT2D eigenvalue weighted by Crippen LogP contribution is -2.28. The maximum atomic E-state index is 11.0. The van der Waals surface area contributed by atoms with Crippen molar-refractivity contribution in [2.24, 2.45) is 4.99 Å². The monoisotopic (exact) mass is 276 g/mol. The molecule has 0 saturated heterocycles. The van der Waals surface area contributed by atoms with Crippen LogP contribution in [0, 0.1) is 0 Å². The van der Waals surface area contributed by atoms with Crippen LogP contribution in [0.3, 0.4) is 0 Å². The molecular weight excluding hydrogens is 268 g/mol. The van der Waals surface area contributed by atoms with E-state index in [1.807, 2.05) is 0 Å². The second kappa shape index (κ2) is 5.87. The van der Waals surface area contributed by atoms with Gasteiger partial charge in [-0.05, 0) is 0 Å². The highest BCUT2D eigenvalue weighted by molar-refractivity contribution is 6.29. The maximum absolute atomic E-state index is 11.0. The molecule has 1 aromatic heterocycles. The third kappa shape index (κ3) is 3.35. The smallest absolute Gasteiger partial charge is 0.436 e. The van der Waals surface area contributed by atoms with E-state index in [-0.39, 0.29) is 11.0 Å². The number of rotatable bonds is 1. The first kappa shape index (κ1) is 13.8. The first-order valence-corrected chi connectivity index (χ1v) is 4.82. The third-order valence-electron chi connectivity index (χ3n) is 1.66. The van der Waals surface area contributed by atoms with Gasteiger partial charge in [-0.3, -0.25) is 5.32 Å². The summed E-state index contributed by atoms with van der Waals surface area (Å²) in [6.45, 7) is 0. The Morgan fingerprint density at radius 1 is 1.50 bits per heavy atom. The lowest BCUT2D eigenvalue weighted by atomic mass is 10.6. The maximum Gasteiger partial charge on any atom is 0.436 e. The van der Waals surface area contributed by atoms with Gasteiger partial charge in [-0.1, -0.05) is 11.6 Å². The lowest BCUT2D eigenvalue weighted by Gasteiger charge is -2.07. The second-order valence-electron chi connectivity index (χ2n) is 2.77. The van der Waals surface area contributed by atoms with Crippen LogP contribution in [0.25, 0.3) is 0 Å². The van der Waals surface area contributed by atoms with Crippen LogP contribution in [-0.2, 0) is 9.47 Å². The van der Waals surface area contributed by atoms with Crippen molar-refractivity contribution in [2.75, 3.05) is 19.5 Å². The molecule has 1 heterocycles. The van der Waals surface area contributed by atoms with Crippen LogP contribution in [0.1, 0.15) is 0 Å². The molecule has 2 amide bonds. The predicted octanol–water partition coefficient (Wildman–Crippen LogP) is 0.619. The first-order chi connectivity index (χ1) is 8.47. The quantitative estimate of drug-likeness (QED) is 0.574. The number of anilines is 1. The molecule has 0 aliphatic carbocycles. The standard InChI is InChI=1S/C8H9ClN4O5/c1-17-7(14)11-5-3-4(9)10-6(13(5)16)12-8(15)18-2/h3,16H,1-2H3,(H,11,14)/b12-6+. The van der Waals surface area contributed by atoms with Crippen LogP contribution < -0.4 is 10.9 Å². The van der Waals surface area contributed by atoms with Crippen molar-refractivity contribution in [3.05, 3.63) is 16.8 Å². The van der Waals surface area contributed by atoms with Crippen molar-refractivity contribution in [2.45, 2.75) is 0 Å². The largest absolute Gasteiger partial charge is 0.453 e. The van der Waals surface area contributed by atoms with E-state index in [0.29, 0.717) is 4.73 Å². The van der Waals surface area contributed by atoms with E-state index in [4.69, 9.17) is 11.6 Å². The number of hydrogen-bond acceptors (Lipinski definition) is 6. The molecule has 18 heavy (non-hydrogen) atoms. The molecule has 0 aromatic carbocycles. The fourth-order valence-electron chi connectivity index (χ4n) is 0.901. The number of nitrogens with one attached hydrogen (secondary N) is 1. The van der Waals surface area contributed by atoms with Gasteiger partial charge in [0.1, 0.15) is 5.15 Å². The fourth-order valence-corrected chi connectivity index (χ4v) is 1.08. The summed E-state index contributed by atoms with van der Waals surface area (Å²) in [7, 11) is 2.24. The average Bonchev–Trinajstić information content (AvgIpc) is 2.34. The molecule has 0 saturated carbocycles. The molecule has 0 radical (unpaired) electrons. The summed E-state index contributed by atoms with van der Waals surface area (Å²) in [5, 5.41) is 11.7. The van der Waals surface area contributed by atoms with Crippen molar-refractivity contribution in [3.8, 4) is 0 Å². The Labute approximate surface area is 106 Å². The fraction of sp³-hybridized carbons (Fsp3) is 0.250. The second-order valence-corrected chi connectivity index (χ2v) is 3.16. The molecule has 0 bridgehead atoms. The summed E-state index contributed by atoms with van der Waals surface area (Å²) in [4.78, 5) is 28.8. The van der Waals surface area contributed by atoms with Gasteiger partial charge in [0.05, 0.1) is 14.2 Å². The van der Waals surface area contributed by atoms with Crippen molar-refractivity contribution >= 4 is 29.6 Å². The predicted molar refractivity (Wildman–Crippen MR) is 58.4 cm³/mol. The third-order valence-corrected chi connectivity index (χ3v) is 1.86. The number of carbonyl (C=O) groups excluding carboxylic acids is 2. The molecule has 2 N–H and O–H groups in total. The zero-order valence-electron chi connectivity index (χ0n) is 9.38. The van der Waals surface area contributed by atoms with E-state index < -0.39 is 17.8 Å². The van der Waals surface area contributed by atoms with Crippen LogP contribution in [0.4, 0.5) is 15.4 Å². The highest BCUT2D eigenvalue weighted by atomic mass is 35.5. The van der Waals surface area contributed by atoms with Crippen molar-refractivity contribution < 1.29 is 24.3 Å². The zero-order chi connectivity index (χ0) is 13.7. The molecular formula is C8H9ClN4O5. The summed E-state index contributed by atoms with van der Waals surface area (Å²) < 4.78 is 8.94. The molecule has 1 rings (SSSR count). The molecule has 0 aliphatic heterocycles. The van der Waals surface area contributed by atoms with Crippen LogP contribution >= 0.6 is 11.6 Å². The number of hydrogen-bond donors (Lipinski definition) is 2. The molecule has 10 heteroatoms. The van der Waals surface area contributed by atoms with Crippen LogP contribution in [0.15, 0.2) is 11.1 Å². The summed E-state index contributed by atoms with van der Waals surface area (Å²) in [5.41, 5.74) is -0.458. The normalized spacial score (nSPS) is 10.9. The molecule has 9 nitrogen and oxygen atoms in total. The molecule has 1 aromatic rings. The highest BCUT2D eigenvalue weighted by Crippen LogP contribution is 2.09. The van der Waals surface area contributed by atoms with Gasteiger partial charge >= 0.3 is 12.2 Å². The number of nitrogens with zero attached hydrogens (tertiary/aromatic N) is 3. The molecule has 0 unspecified atom stereocenters. The number of methoxy groups -OCH3 is 2. The topological polar surface area (TPSA) is 115 Å². The minimum absolute atomic E-state index is 0.102. The number of aromatic nitrogens is 2. The number of carbonyl (C=O) groups is 2. The number of ether oxygens (including phenoxy) is 2. The number of halogens is 1. The zero-order valence-corrected chi connectivity index (χ0v) is 10.1. The lowest BCUT2D eigenvalue weighted by molar-refractivity contribution is 0.160. The van der Waals surface area contributed by atoms with Gasteiger partial charge in [0.25, 0.3) is 5.62 Å². The van der Waals surface area contributed by atoms with Gasteiger partial charge in [-0.25, -0.2) is 9.59 Å². The first-order valence-electron chi connectivity index (χ1n) is 4.44. The van der Waals surface area contributed by atoms with Crippen molar-refractivity contribution in [1.29, 1.82) is 0 Å². The van der Waals surface area contributed by atoms with Gasteiger partial charge in [0.2, 0.25) is 0 Å². The Hall–Kier alpha value is -2.29.